The normalized spacial score (nSPS) is 10.7. The highest BCUT2D eigenvalue weighted by atomic mass is 32.2. The molecule has 4 nitrogen and oxygen atoms in total. The van der Waals surface area contributed by atoms with E-state index in [0.29, 0.717) is 12.3 Å². The molecule has 0 aliphatic heterocycles. The number of thioether (sulfide) groups is 1. The van der Waals surface area contributed by atoms with E-state index >= 15 is 0 Å². The molecule has 0 aliphatic carbocycles. The molecule has 0 radical (unpaired) electrons. The topological polar surface area (TPSA) is 47.8 Å². The first-order valence-corrected chi connectivity index (χ1v) is 9.41. The van der Waals surface area contributed by atoms with Crippen LogP contribution in [0.2, 0.25) is 0 Å². The Morgan fingerprint density at radius 3 is 2.62 bits per heavy atom. The third-order valence-corrected chi connectivity index (χ3v) is 5.04. The van der Waals surface area contributed by atoms with Crippen LogP contribution < -0.4 is 0 Å². The molecule has 1 heterocycles. The van der Waals surface area contributed by atoms with Crippen molar-refractivity contribution in [1.29, 1.82) is 0 Å². The van der Waals surface area contributed by atoms with Crippen LogP contribution >= 0.6 is 11.8 Å². The van der Waals surface area contributed by atoms with Gasteiger partial charge in [-0.15, -0.1) is 16.8 Å². The van der Waals surface area contributed by atoms with Crippen LogP contribution in [-0.4, -0.2) is 26.3 Å². The summed E-state index contributed by atoms with van der Waals surface area (Å²) < 4.78 is 1.99. The predicted molar refractivity (Wildman–Crippen MR) is 107 cm³/mol. The lowest BCUT2D eigenvalue weighted by atomic mass is 10.0. The summed E-state index contributed by atoms with van der Waals surface area (Å²) in [6, 6.07) is 15.8. The number of hydrogen-bond donors (Lipinski definition) is 0. The minimum atomic E-state index is 0.0990. The van der Waals surface area contributed by atoms with E-state index in [9.17, 15) is 4.79 Å². The Morgan fingerprint density at radius 2 is 1.92 bits per heavy atom. The Balaban J connectivity index is 1.80. The maximum atomic E-state index is 12.6. The predicted octanol–water partition coefficient (Wildman–Crippen LogP) is 4.72. The van der Waals surface area contributed by atoms with Gasteiger partial charge in [-0.3, -0.25) is 9.36 Å². The molecule has 5 heteroatoms. The fraction of sp³-hybridized carbons (Fsp3) is 0.190. The van der Waals surface area contributed by atoms with Crippen molar-refractivity contribution in [1.82, 2.24) is 14.8 Å². The summed E-state index contributed by atoms with van der Waals surface area (Å²) in [5.74, 6) is 1.21. The highest BCUT2D eigenvalue weighted by molar-refractivity contribution is 7.99. The van der Waals surface area contributed by atoms with E-state index in [-0.39, 0.29) is 5.78 Å². The zero-order valence-electron chi connectivity index (χ0n) is 15.0. The summed E-state index contributed by atoms with van der Waals surface area (Å²) in [5.41, 5.74) is 3.92. The van der Waals surface area contributed by atoms with E-state index < -0.39 is 0 Å². The summed E-state index contributed by atoms with van der Waals surface area (Å²) in [6.45, 7) is 8.41. The third kappa shape index (κ3) is 3.94. The maximum absolute atomic E-state index is 12.6. The fourth-order valence-corrected chi connectivity index (χ4v) is 3.66. The van der Waals surface area contributed by atoms with Crippen molar-refractivity contribution in [2.45, 2.75) is 25.5 Å². The van der Waals surface area contributed by atoms with E-state index in [0.717, 1.165) is 33.2 Å². The summed E-state index contributed by atoms with van der Waals surface area (Å²) in [7, 11) is 0. The number of aryl methyl sites for hydroxylation is 2. The Labute approximate surface area is 158 Å². The van der Waals surface area contributed by atoms with Crippen LogP contribution in [0.25, 0.3) is 11.4 Å². The lowest BCUT2D eigenvalue weighted by Crippen LogP contribution is -2.07. The number of Topliss-reactive ketones (excluding diaryl/α,β-unsaturated/α-hetero) is 1. The average molecular weight is 363 g/mol. The minimum absolute atomic E-state index is 0.0990. The smallest absolute Gasteiger partial charge is 0.192 e. The van der Waals surface area contributed by atoms with E-state index in [4.69, 9.17) is 0 Å². The molecule has 0 saturated carbocycles. The summed E-state index contributed by atoms with van der Waals surface area (Å²) in [6.07, 6.45) is 1.81. The number of allylic oxidation sites excluding steroid dienone is 1. The van der Waals surface area contributed by atoms with Crippen LogP contribution in [0.4, 0.5) is 0 Å². The molecule has 0 atom stereocenters. The van der Waals surface area contributed by atoms with Gasteiger partial charge in [-0.2, -0.15) is 0 Å². The Bertz CT molecular complexity index is 932. The van der Waals surface area contributed by atoms with Crippen LogP contribution in [-0.2, 0) is 6.54 Å². The maximum Gasteiger partial charge on any atom is 0.192 e. The molecular formula is C21H21N3OS. The quantitative estimate of drug-likeness (QED) is 0.346. The number of carbonyl (C=O) groups excluding carboxylic acids is 1. The lowest BCUT2D eigenvalue weighted by Gasteiger charge is -2.08. The van der Waals surface area contributed by atoms with Gasteiger partial charge >= 0.3 is 0 Å². The first kappa shape index (κ1) is 18.1. The molecule has 0 saturated heterocycles. The second-order valence-corrected chi connectivity index (χ2v) is 7.04. The molecule has 3 rings (SSSR count). The Kier molecular flexibility index (Phi) is 5.68. The number of rotatable bonds is 7. The lowest BCUT2D eigenvalue weighted by molar-refractivity contribution is 0.102. The molecule has 0 amide bonds. The zero-order valence-corrected chi connectivity index (χ0v) is 15.8. The molecule has 0 aliphatic rings. The van der Waals surface area contributed by atoms with Gasteiger partial charge in [0.15, 0.2) is 16.8 Å². The highest BCUT2D eigenvalue weighted by Gasteiger charge is 2.16. The number of benzene rings is 2. The Morgan fingerprint density at radius 1 is 1.15 bits per heavy atom. The van der Waals surface area contributed by atoms with Crippen LogP contribution in [0.3, 0.4) is 0 Å². The van der Waals surface area contributed by atoms with Gasteiger partial charge in [-0.05, 0) is 19.4 Å². The molecule has 26 heavy (non-hydrogen) atoms. The van der Waals surface area contributed by atoms with Gasteiger partial charge in [-0.25, -0.2) is 0 Å². The molecule has 0 spiro atoms. The van der Waals surface area contributed by atoms with Crippen molar-refractivity contribution in [2.24, 2.45) is 0 Å². The van der Waals surface area contributed by atoms with Gasteiger partial charge in [0.1, 0.15) is 0 Å². The monoisotopic (exact) mass is 363 g/mol. The van der Waals surface area contributed by atoms with Gasteiger partial charge in [-0.1, -0.05) is 71.9 Å². The molecular weight excluding hydrogens is 342 g/mol. The largest absolute Gasteiger partial charge is 0.298 e. The fourth-order valence-electron chi connectivity index (χ4n) is 2.82. The van der Waals surface area contributed by atoms with Gasteiger partial charge in [0.25, 0.3) is 0 Å². The second-order valence-electron chi connectivity index (χ2n) is 6.10. The summed E-state index contributed by atoms with van der Waals surface area (Å²) in [5, 5.41) is 9.33. The number of ketones is 1. The highest BCUT2D eigenvalue weighted by Crippen LogP contribution is 2.25. The molecule has 3 aromatic rings. The van der Waals surface area contributed by atoms with Crippen molar-refractivity contribution in [3.05, 3.63) is 77.9 Å². The van der Waals surface area contributed by atoms with Crippen LogP contribution in [0.5, 0.6) is 0 Å². The van der Waals surface area contributed by atoms with Crippen molar-refractivity contribution in [2.75, 3.05) is 5.75 Å². The van der Waals surface area contributed by atoms with Crippen molar-refractivity contribution in [3.63, 3.8) is 0 Å². The number of carbonyl (C=O) groups is 1. The SMILES string of the molecule is C=CCn1c(SCC(=O)c2ccc(C)cc2C)nnc1-c1ccccc1. The number of nitrogens with zero attached hydrogens (tertiary/aromatic N) is 3. The van der Waals surface area contributed by atoms with Crippen LogP contribution in [0.1, 0.15) is 21.5 Å². The van der Waals surface area contributed by atoms with E-state index in [1.807, 2.05) is 73.0 Å². The number of hydrogen-bond acceptors (Lipinski definition) is 4. The van der Waals surface area contributed by atoms with Crippen LogP contribution in [0, 0.1) is 13.8 Å². The second kappa shape index (κ2) is 8.15. The van der Waals surface area contributed by atoms with Gasteiger partial charge in [0.05, 0.1) is 5.75 Å². The zero-order chi connectivity index (χ0) is 18.5. The van der Waals surface area contributed by atoms with Gasteiger partial charge in [0, 0.05) is 17.7 Å². The van der Waals surface area contributed by atoms with Crippen molar-refractivity contribution >= 4 is 17.5 Å². The summed E-state index contributed by atoms with van der Waals surface area (Å²) in [4.78, 5) is 12.6. The molecule has 0 unspecified atom stereocenters. The molecule has 1 aromatic heterocycles. The molecule has 0 N–H and O–H groups in total. The first-order chi connectivity index (χ1) is 12.6. The summed E-state index contributed by atoms with van der Waals surface area (Å²) >= 11 is 1.41. The molecule has 132 valence electrons. The van der Waals surface area contributed by atoms with Gasteiger partial charge in [0.2, 0.25) is 0 Å². The number of aromatic nitrogens is 3. The molecule has 0 fully saturated rings. The Hall–Kier alpha value is -2.66. The first-order valence-electron chi connectivity index (χ1n) is 8.43. The molecule has 0 bridgehead atoms. The van der Waals surface area contributed by atoms with Crippen LogP contribution in [0.15, 0.2) is 66.3 Å². The van der Waals surface area contributed by atoms with Crippen molar-refractivity contribution < 1.29 is 4.79 Å². The van der Waals surface area contributed by atoms with E-state index in [1.165, 1.54) is 11.8 Å². The van der Waals surface area contributed by atoms with Gasteiger partial charge < -0.3 is 0 Å². The standard InChI is InChI=1S/C21H21N3OS/c1-4-12-24-20(17-8-6-5-7-9-17)22-23-21(24)26-14-19(25)18-11-10-15(2)13-16(18)3/h4-11,13H,1,12,14H2,2-3H3. The average Bonchev–Trinajstić information content (AvgIpc) is 3.03. The van der Waals surface area contributed by atoms with E-state index in [2.05, 4.69) is 16.8 Å². The minimum Gasteiger partial charge on any atom is -0.298 e. The van der Waals surface area contributed by atoms with E-state index in [1.54, 1.807) is 0 Å². The molecule has 2 aromatic carbocycles. The van der Waals surface area contributed by atoms with Crippen molar-refractivity contribution in [3.8, 4) is 11.4 Å². The third-order valence-electron chi connectivity index (χ3n) is 4.08.